The van der Waals surface area contributed by atoms with Crippen molar-refractivity contribution in [1.82, 2.24) is 5.32 Å². The first-order valence-electron chi connectivity index (χ1n) is 4.94. The van der Waals surface area contributed by atoms with Crippen LogP contribution in [-0.4, -0.2) is 12.6 Å². The Balaban J connectivity index is 2.57. The Labute approximate surface area is 95.0 Å². The Morgan fingerprint density at radius 3 is 2.80 bits per heavy atom. The summed E-state index contributed by atoms with van der Waals surface area (Å²) < 4.78 is 13.3. The van der Waals surface area contributed by atoms with E-state index < -0.39 is 0 Å². The molecule has 0 amide bonds. The molecule has 1 aromatic rings. The molecule has 0 aliphatic heterocycles. The minimum absolute atomic E-state index is 0.289. The lowest BCUT2D eigenvalue weighted by molar-refractivity contribution is 0.624. The maximum atomic E-state index is 13.3. The lowest BCUT2D eigenvalue weighted by Gasteiger charge is -2.03. The molecule has 0 unspecified atom stereocenters. The smallest absolute Gasteiger partial charge is 0.131 e. The highest BCUT2D eigenvalue weighted by atomic mass is 35.5. The molecule has 1 rings (SSSR count). The molecule has 0 fully saturated rings. The third-order valence-corrected chi connectivity index (χ3v) is 2.14. The summed E-state index contributed by atoms with van der Waals surface area (Å²) in [5.74, 6) is -0.289. The van der Waals surface area contributed by atoms with Crippen molar-refractivity contribution in [3.8, 4) is 0 Å². The summed E-state index contributed by atoms with van der Waals surface area (Å²) in [6.07, 6.45) is 3.65. The van der Waals surface area contributed by atoms with Gasteiger partial charge in [-0.2, -0.15) is 0 Å². The zero-order valence-electron chi connectivity index (χ0n) is 8.93. The molecule has 82 valence electrons. The molecule has 0 saturated carbocycles. The van der Waals surface area contributed by atoms with Crippen molar-refractivity contribution in [2.45, 2.75) is 19.9 Å². The molecule has 1 aromatic carbocycles. The van der Waals surface area contributed by atoms with Gasteiger partial charge in [0.15, 0.2) is 0 Å². The van der Waals surface area contributed by atoms with Crippen LogP contribution in [0.25, 0.3) is 6.08 Å². The van der Waals surface area contributed by atoms with Crippen LogP contribution in [0.2, 0.25) is 5.02 Å². The molecular weight excluding hydrogens is 213 g/mol. The zero-order valence-corrected chi connectivity index (χ0v) is 9.68. The van der Waals surface area contributed by atoms with Crippen LogP contribution < -0.4 is 5.32 Å². The summed E-state index contributed by atoms with van der Waals surface area (Å²) >= 11 is 5.64. The molecule has 3 heteroatoms. The third kappa shape index (κ3) is 4.45. The summed E-state index contributed by atoms with van der Waals surface area (Å²) in [5.41, 5.74) is 0.560. The summed E-state index contributed by atoms with van der Waals surface area (Å²) in [6.45, 7) is 4.87. The normalized spacial score (nSPS) is 11.5. The molecule has 0 atom stereocenters. The van der Waals surface area contributed by atoms with Crippen LogP contribution in [0.3, 0.4) is 0 Å². The quantitative estimate of drug-likeness (QED) is 0.831. The van der Waals surface area contributed by atoms with Gasteiger partial charge in [0.1, 0.15) is 5.82 Å². The van der Waals surface area contributed by atoms with E-state index in [-0.39, 0.29) is 5.82 Å². The number of halogens is 2. The van der Waals surface area contributed by atoms with E-state index in [2.05, 4.69) is 19.2 Å². The van der Waals surface area contributed by atoms with E-state index in [0.29, 0.717) is 16.6 Å². The van der Waals surface area contributed by atoms with Crippen molar-refractivity contribution < 1.29 is 4.39 Å². The van der Waals surface area contributed by atoms with Crippen LogP contribution in [0.4, 0.5) is 4.39 Å². The molecule has 0 aliphatic rings. The second-order valence-corrected chi connectivity index (χ2v) is 4.07. The van der Waals surface area contributed by atoms with Gasteiger partial charge < -0.3 is 5.32 Å². The molecule has 0 radical (unpaired) electrons. The summed E-state index contributed by atoms with van der Waals surface area (Å²) in [7, 11) is 0. The van der Waals surface area contributed by atoms with Crippen molar-refractivity contribution in [3.05, 3.63) is 40.7 Å². The molecule has 0 aromatic heterocycles. The molecule has 0 aliphatic carbocycles. The first kappa shape index (κ1) is 12.2. The molecule has 0 saturated heterocycles. The van der Waals surface area contributed by atoms with Gasteiger partial charge in [0.25, 0.3) is 0 Å². The average Bonchev–Trinajstić information content (AvgIpc) is 2.14. The highest BCUT2D eigenvalue weighted by Gasteiger charge is 1.98. The largest absolute Gasteiger partial charge is 0.311 e. The molecule has 1 nitrogen and oxygen atoms in total. The summed E-state index contributed by atoms with van der Waals surface area (Å²) in [5, 5.41) is 3.63. The highest BCUT2D eigenvalue weighted by molar-refractivity contribution is 6.30. The van der Waals surface area contributed by atoms with Gasteiger partial charge >= 0.3 is 0 Å². The van der Waals surface area contributed by atoms with Crippen molar-refractivity contribution in [2.75, 3.05) is 6.54 Å². The third-order valence-electron chi connectivity index (χ3n) is 1.90. The van der Waals surface area contributed by atoms with E-state index >= 15 is 0 Å². The summed E-state index contributed by atoms with van der Waals surface area (Å²) in [4.78, 5) is 0. The molecule has 0 heterocycles. The predicted octanol–water partition coefficient (Wildman–Crippen LogP) is 3.49. The Kier molecular flexibility index (Phi) is 4.79. The molecule has 1 N–H and O–H groups in total. The fourth-order valence-corrected chi connectivity index (χ4v) is 1.29. The van der Waals surface area contributed by atoms with Crippen molar-refractivity contribution in [1.29, 1.82) is 0 Å². The lowest BCUT2D eigenvalue weighted by atomic mass is 10.2. The minimum Gasteiger partial charge on any atom is -0.311 e. The minimum atomic E-state index is -0.289. The van der Waals surface area contributed by atoms with E-state index in [9.17, 15) is 4.39 Å². The Morgan fingerprint density at radius 2 is 2.20 bits per heavy atom. The predicted molar refractivity (Wildman–Crippen MR) is 63.6 cm³/mol. The van der Waals surface area contributed by atoms with Gasteiger partial charge in [0, 0.05) is 23.2 Å². The second-order valence-electron chi connectivity index (χ2n) is 3.63. The van der Waals surface area contributed by atoms with Crippen molar-refractivity contribution in [3.63, 3.8) is 0 Å². The van der Waals surface area contributed by atoms with Gasteiger partial charge in [0.2, 0.25) is 0 Å². The number of benzene rings is 1. The second kappa shape index (κ2) is 5.89. The Morgan fingerprint density at radius 1 is 1.47 bits per heavy atom. The fraction of sp³-hybridized carbons (Fsp3) is 0.333. The number of hydrogen-bond acceptors (Lipinski definition) is 1. The average molecular weight is 228 g/mol. The SMILES string of the molecule is CC(C)NC/C=C/c1ccc(Cl)cc1F. The van der Waals surface area contributed by atoms with Gasteiger partial charge in [-0.05, 0) is 12.1 Å². The molecule has 0 spiro atoms. The first-order valence-corrected chi connectivity index (χ1v) is 5.32. The maximum Gasteiger partial charge on any atom is 0.131 e. The fourth-order valence-electron chi connectivity index (χ4n) is 1.13. The van der Waals surface area contributed by atoms with Gasteiger partial charge in [-0.25, -0.2) is 4.39 Å². The topological polar surface area (TPSA) is 12.0 Å². The van der Waals surface area contributed by atoms with Crippen LogP contribution in [0.5, 0.6) is 0 Å². The van der Waals surface area contributed by atoms with E-state index in [1.165, 1.54) is 6.07 Å². The first-order chi connectivity index (χ1) is 7.09. The van der Waals surface area contributed by atoms with E-state index in [1.807, 2.05) is 6.08 Å². The highest BCUT2D eigenvalue weighted by Crippen LogP contribution is 2.15. The van der Waals surface area contributed by atoms with Crippen LogP contribution in [0.15, 0.2) is 24.3 Å². The molecule has 15 heavy (non-hydrogen) atoms. The number of rotatable bonds is 4. The van der Waals surface area contributed by atoms with Gasteiger partial charge in [-0.1, -0.05) is 43.7 Å². The van der Waals surface area contributed by atoms with Crippen LogP contribution in [0, 0.1) is 5.82 Å². The molecular formula is C12H15ClFN. The maximum absolute atomic E-state index is 13.3. The van der Waals surface area contributed by atoms with E-state index in [0.717, 1.165) is 6.54 Å². The Hall–Kier alpha value is -0.860. The van der Waals surface area contributed by atoms with Crippen molar-refractivity contribution >= 4 is 17.7 Å². The number of nitrogens with one attached hydrogen (secondary N) is 1. The lowest BCUT2D eigenvalue weighted by Crippen LogP contribution is -2.22. The number of hydrogen-bond donors (Lipinski definition) is 1. The zero-order chi connectivity index (χ0) is 11.3. The van der Waals surface area contributed by atoms with Crippen LogP contribution in [-0.2, 0) is 0 Å². The van der Waals surface area contributed by atoms with Gasteiger partial charge in [0.05, 0.1) is 0 Å². The van der Waals surface area contributed by atoms with Gasteiger partial charge in [-0.15, -0.1) is 0 Å². The van der Waals surface area contributed by atoms with E-state index in [4.69, 9.17) is 11.6 Å². The van der Waals surface area contributed by atoms with E-state index in [1.54, 1.807) is 18.2 Å². The molecule has 0 bridgehead atoms. The monoisotopic (exact) mass is 227 g/mol. The van der Waals surface area contributed by atoms with Crippen molar-refractivity contribution in [2.24, 2.45) is 0 Å². The van der Waals surface area contributed by atoms with Crippen LogP contribution in [0.1, 0.15) is 19.4 Å². The summed E-state index contributed by atoms with van der Waals surface area (Å²) in [6, 6.07) is 5.10. The Bertz CT molecular complexity index is 347. The van der Waals surface area contributed by atoms with Crippen LogP contribution >= 0.6 is 11.6 Å². The standard InChI is InChI=1S/C12H15ClFN/c1-9(2)15-7-3-4-10-5-6-11(13)8-12(10)14/h3-6,8-9,15H,7H2,1-2H3/b4-3+. The van der Waals surface area contributed by atoms with Gasteiger partial charge in [-0.3, -0.25) is 0 Å².